The van der Waals surface area contributed by atoms with Crippen LogP contribution in [0.25, 0.3) is 0 Å². The van der Waals surface area contributed by atoms with Gasteiger partial charge in [0.15, 0.2) is 5.78 Å². The van der Waals surface area contributed by atoms with Crippen molar-refractivity contribution in [2.45, 2.75) is 25.2 Å². The minimum Gasteiger partial charge on any atom is -0.497 e. The van der Waals surface area contributed by atoms with Crippen LogP contribution in [0.4, 0.5) is 0 Å². The molecule has 0 spiro atoms. The van der Waals surface area contributed by atoms with E-state index in [1.165, 1.54) is 0 Å². The zero-order valence-corrected chi connectivity index (χ0v) is 12.5. The molecule has 0 radical (unpaired) electrons. The Kier molecular flexibility index (Phi) is 4.05. The van der Waals surface area contributed by atoms with Crippen molar-refractivity contribution in [3.8, 4) is 5.75 Å². The summed E-state index contributed by atoms with van der Waals surface area (Å²) in [5.74, 6) is 0.633. The third-order valence-electron chi connectivity index (χ3n) is 4.24. The smallest absolute Gasteiger partial charge is 0.163 e. The highest BCUT2D eigenvalue weighted by atomic mass is 16.5. The number of Topliss-reactive ketones (excluding diaryl/α,β-unsaturated/α-hetero) is 2. The summed E-state index contributed by atoms with van der Waals surface area (Å²) in [4.78, 5) is 24.7. The Morgan fingerprint density at radius 2 is 1.91 bits per heavy atom. The molecule has 0 unspecified atom stereocenters. The quantitative estimate of drug-likeness (QED) is 0.810. The van der Waals surface area contributed by atoms with E-state index >= 15 is 0 Å². The number of ketones is 2. The minimum absolute atomic E-state index is 0.0163. The van der Waals surface area contributed by atoms with Crippen LogP contribution in [0.3, 0.4) is 0 Å². The van der Waals surface area contributed by atoms with E-state index in [4.69, 9.17) is 4.74 Å². The SMILES string of the molecule is COc1ccc2c(c1)CCC(=O)[C@@H]2CC(=O)c1ccccc1. The van der Waals surface area contributed by atoms with Crippen molar-refractivity contribution in [2.24, 2.45) is 0 Å². The average Bonchev–Trinajstić information content (AvgIpc) is 2.57. The lowest BCUT2D eigenvalue weighted by atomic mass is 9.78. The second-order valence-corrected chi connectivity index (χ2v) is 5.58. The average molecular weight is 294 g/mol. The number of rotatable bonds is 4. The van der Waals surface area contributed by atoms with Gasteiger partial charge in [-0.05, 0) is 29.7 Å². The fraction of sp³-hybridized carbons (Fsp3) is 0.263. The molecular formula is C19H18O3. The molecule has 2 aromatic rings. The molecule has 112 valence electrons. The molecule has 1 aliphatic carbocycles. The predicted molar refractivity (Wildman–Crippen MR) is 84.5 cm³/mol. The maximum Gasteiger partial charge on any atom is 0.163 e. The van der Waals surface area contributed by atoms with Crippen LogP contribution >= 0.6 is 0 Å². The van der Waals surface area contributed by atoms with Crippen molar-refractivity contribution in [3.63, 3.8) is 0 Å². The molecule has 3 rings (SSSR count). The first kappa shape index (κ1) is 14.5. The van der Waals surface area contributed by atoms with Crippen LogP contribution < -0.4 is 4.74 Å². The van der Waals surface area contributed by atoms with Gasteiger partial charge in [0.25, 0.3) is 0 Å². The lowest BCUT2D eigenvalue weighted by Crippen LogP contribution is -2.23. The number of benzene rings is 2. The highest BCUT2D eigenvalue weighted by molar-refractivity contribution is 6.01. The van der Waals surface area contributed by atoms with Crippen LogP contribution in [0.5, 0.6) is 5.75 Å². The number of fused-ring (bicyclic) bond motifs is 1. The van der Waals surface area contributed by atoms with Gasteiger partial charge in [-0.25, -0.2) is 0 Å². The van der Waals surface area contributed by atoms with Crippen molar-refractivity contribution >= 4 is 11.6 Å². The van der Waals surface area contributed by atoms with Gasteiger partial charge in [-0.2, -0.15) is 0 Å². The lowest BCUT2D eigenvalue weighted by molar-refractivity contribution is -0.120. The molecule has 22 heavy (non-hydrogen) atoms. The first-order chi connectivity index (χ1) is 10.7. The number of methoxy groups -OCH3 is 1. The Hall–Kier alpha value is -2.42. The second-order valence-electron chi connectivity index (χ2n) is 5.58. The molecule has 1 atom stereocenters. The van der Waals surface area contributed by atoms with Crippen LogP contribution in [0.1, 0.15) is 40.2 Å². The van der Waals surface area contributed by atoms with Crippen molar-refractivity contribution in [1.82, 2.24) is 0 Å². The zero-order chi connectivity index (χ0) is 15.5. The van der Waals surface area contributed by atoms with E-state index in [0.29, 0.717) is 12.0 Å². The normalized spacial score (nSPS) is 17.0. The number of aryl methyl sites for hydroxylation is 1. The van der Waals surface area contributed by atoms with Gasteiger partial charge in [0.1, 0.15) is 11.5 Å². The zero-order valence-electron chi connectivity index (χ0n) is 12.5. The summed E-state index contributed by atoms with van der Waals surface area (Å²) in [6.07, 6.45) is 1.45. The van der Waals surface area contributed by atoms with Gasteiger partial charge in [0.05, 0.1) is 13.0 Å². The molecule has 0 N–H and O–H groups in total. The molecule has 0 amide bonds. The van der Waals surface area contributed by atoms with Gasteiger partial charge in [-0.15, -0.1) is 0 Å². The summed E-state index contributed by atoms with van der Waals surface area (Å²) in [7, 11) is 1.63. The van der Waals surface area contributed by atoms with Gasteiger partial charge in [-0.3, -0.25) is 9.59 Å². The summed E-state index contributed by atoms with van der Waals surface area (Å²) >= 11 is 0. The Labute approximate surface area is 129 Å². The molecule has 0 saturated carbocycles. The first-order valence-corrected chi connectivity index (χ1v) is 7.47. The van der Waals surface area contributed by atoms with Gasteiger partial charge in [-0.1, -0.05) is 36.4 Å². The summed E-state index contributed by atoms with van der Waals surface area (Å²) in [5, 5.41) is 0. The Balaban J connectivity index is 1.88. The summed E-state index contributed by atoms with van der Waals surface area (Å²) in [6.45, 7) is 0. The van der Waals surface area contributed by atoms with E-state index in [9.17, 15) is 9.59 Å². The highest BCUT2D eigenvalue weighted by Gasteiger charge is 2.29. The van der Waals surface area contributed by atoms with Crippen molar-refractivity contribution in [2.75, 3.05) is 7.11 Å². The second kappa shape index (κ2) is 6.14. The molecule has 0 aromatic heterocycles. The van der Waals surface area contributed by atoms with Crippen molar-refractivity contribution in [1.29, 1.82) is 0 Å². The fourth-order valence-corrected chi connectivity index (χ4v) is 3.02. The summed E-state index contributed by atoms with van der Waals surface area (Å²) in [5.41, 5.74) is 2.75. The molecule has 0 saturated heterocycles. The van der Waals surface area contributed by atoms with E-state index in [2.05, 4.69) is 0 Å². The Bertz CT molecular complexity index is 704. The van der Waals surface area contributed by atoms with Gasteiger partial charge in [0, 0.05) is 18.4 Å². The number of ether oxygens (including phenoxy) is 1. The van der Waals surface area contributed by atoms with E-state index in [-0.39, 0.29) is 23.9 Å². The Morgan fingerprint density at radius 3 is 2.64 bits per heavy atom. The predicted octanol–water partition coefficient (Wildman–Crippen LogP) is 3.57. The van der Waals surface area contributed by atoms with E-state index in [0.717, 1.165) is 23.3 Å². The van der Waals surface area contributed by atoms with Gasteiger partial charge >= 0.3 is 0 Å². The summed E-state index contributed by atoms with van der Waals surface area (Å²) in [6, 6.07) is 14.9. The van der Waals surface area contributed by atoms with Crippen LogP contribution in [-0.2, 0) is 11.2 Å². The number of hydrogen-bond acceptors (Lipinski definition) is 3. The highest BCUT2D eigenvalue weighted by Crippen LogP contribution is 2.34. The molecule has 0 aliphatic heterocycles. The first-order valence-electron chi connectivity index (χ1n) is 7.47. The van der Waals surface area contributed by atoms with Crippen LogP contribution in [0.2, 0.25) is 0 Å². The largest absolute Gasteiger partial charge is 0.497 e. The van der Waals surface area contributed by atoms with E-state index in [1.54, 1.807) is 19.2 Å². The number of hydrogen-bond donors (Lipinski definition) is 0. The number of carbonyl (C=O) groups excluding carboxylic acids is 2. The van der Waals surface area contributed by atoms with Gasteiger partial charge in [0.2, 0.25) is 0 Å². The van der Waals surface area contributed by atoms with Crippen LogP contribution in [-0.4, -0.2) is 18.7 Å². The van der Waals surface area contributed by atoms with Gasteiger partial charge < -0.3 is 4.74 Å². The topological polar surface area (TPSA) is 43.4 Å². The molecule has 3 heteroatoms. The molecule has 3 nitrogen and oxygen atoms in total. The molecule has 2 aromatic carbocycles. The van der Waals surface area contributed by atoms with Crippen LogP contribution in [0, 0.1) is 0 Å². The van der Waals surface area contributed by atoms with E-state index < -0.39 is 0 Å². The fourth-order valence-electron chi connectivity index (χ4n) is 3.02. The van der Waals surface area contributed by atoms with Crippen molar-refractivity contribution in [3.05, 3.63) is 65.2 Å². The maximum absolute atomic E-state index is 12.4. The molecule has 0 heterocycles. The molecular weight excluding hydrogens is 276 g/mol. The molecule has 0 fully saturated rings. The minimum atomic E-state index is -0.331. The lowest BCUT2D eigenvalue weighted by Gasteiger charge is -2.24. The van der Waals surface area contributed by atoms with Crippen molar-refractivity contribution < 1.29 is 14.3 Å². The number of carbonyl (C=O) groups is 2. The third kappa shape index (κ3) is 2.80. The third-order valence-corrected chi connectivity index (χ3v) is 4.24. The summed E-state index contributed by atoms with van der Waals surface area (Å²) < 4.78 is 5.24. The maximum atomic E-state index is 12.4. The molecule has 1 aliphatic rings. The van der Waals surface area contributed by atoms with Crippen LogP contribution in [0.15, 0.2) is 48.5 Å². The standard InChI is InChI=1S/C19H18O3/c1-22-15-8-9-16-14(11-15)7-10-18(20)17(16)12-19(21)13-5-3-2-4-6-13/h2-6,8-9,11,17H,7,10,12H2,1H3/t17-/m1/s1. The Morgan fingerprint density at radius 1 is 1.14 bits per heavy atom. The monoisotopic (exact) mass is 294 g/mol. The van der Waals surface area contributed by atoms with E-state index in [1.807, 2.05) is 36.4 Å². The molecule has 0 bridgehead atoms.